The van der Waals surface area contributed by atoms with Crippen molar-refractivity contribution >= 4 is 21.7 Å². The van der Waals surface area contributed by atoms with Gasteiger partial charge in [0.25, 0.3) is 0 Å². The molecule has 0 saturated heterocycles. The summed E-state index contributed by atoms with van der Waals surface area (Å²) >= 11 is 0. The minimum absolute atomic E-state index is 0.0933. The lowest BCUT2D eigenvalue weighted by Gasteiger charge is -2.18. The van der Waals surface area contributed by atoms with Crippen LogP contribution < -0.4 is 0 Å². The number of ketones is 1. The van der Waals surface area contributed by atoms with Crippen molar-refractivity contribution in [2.75, 3.05) is 5.75 Å². The van der Waals surface area contributed by atoms with Gasteiger partial charge in [0.05, 0.1) is 17.6 Å². The summed E-state index contributed by atoms with van der Waals surface area (Å²) in [6.07, 6.45) is 4.73. The van der Waals surface area contributed by atoms with Gasteiger partial charge in [0, 0.05) is 22.9 Å². The summed E-state index contributed by atoms with van der Waals surface area (Å²) in [7, 11) is -3.91. The minimum atomic E-state index is -3.91. The maximum absolute atomic E-state index is 13.9. The largest absolute Gasteiger partial charge is 0.289 e. The second kappa shape index (κ2) is 6.03. The minimum Gasteiger partial charge on any atom is -0.289 e. The fraction of sp³-hybridized carbons (Fsp3) is 0.0526. The first-order valence-corrected chi connectivity index (χ1v) is 9.47. The van der Waals surface area contributed by atoms with Crippen molar-refractivity contribution in [2.45, 2.75) is 4.90 Å². The molecule has 4 rings (SSSR count). The molecule has 26 heavy (non-hydrogen) atoms. The molecule has 0 N–H and O–H groups in total. The first kappa shape index (κ1) is 16.4. The van der Waals surface area contributed by atoms with E-state index in [1.807, 2.05) is 30.3 Å². The lowest BCUT2D eigenvalue weighted by molar-refractivity contribution is 0.103. The van der Waals surface area contributed by atoms with Crippen LogP contribution in [0.25, 0.3) is 11.8 Å². The third-order valence-electron chi connectivity index (χ3n) is 4.12. The molecule has 0 bridgehead atoms. The van der Waals surface area contributed by atoms with Crippen molar-refractivity contribution in [3.8, 4) is 5.69 Å². The molecule has 0 unspecified atom stereocenters. The van der Waals surface area contributed by atoms with Gasteiger partial charge in [0.2, 0.25) is 0 Å². The highest BCUT2D eigenvalue weighted by atomic mass is 32.2. The van der Waals surface area contributed by atoms with E-state index < -0.39 is 32.1 Å². The van der Waals surface area contributed by atoms with Crippen molar-refractivity contribution in [2.24, 2.45) is 0 Å². The molecule has 0 spiro atoms. The SMILES string of the molecule is O=C1/C(=C/c2cnn(-c3ccccc3)c2)CS(=O)(=O)c2c(F)cccc21. The number of hydrogen-bond acceptors (Lipinski definition) is 4. The summed E-state index contributed by atoms with van der Waals surface area (Å²) in [6, 6.07) is 13.1. The van der Waals surface area contributed by atoms with Gasteiger partial charge in [-0.1, -0.05) is 24.3 Å². The zero-order chi connectivity index (χ0) is 18.3. The van der Waals surface area contributed by atoms with Crippen LogP contribution in [-0.2, 0) is 9.84 Å². The van der Waals surface area contributed by atoms with Gasteiger partial charge in [0.15, 0.2) is 15.6 Å². The van der Waals surface area contributed by atoms with E-state index in [0.717, 1.165) is 11.8 Å². The van der Waals surface area contributed by atoms with Crippen LogP contribution in [0.15, 0.2) is 71.4 Å². The van der Waals surface area contributed by atoms with Gasteiger partial charge < -0.3 is 0 Å². The van der Waals surface area contributed by atoms with Crippen LogP contribution in [0, 0.1) is 5.82 Å². The molecule has 1 aliphatic heterocycles. The first-order chi connectivity index (χ1) is 12.5. The molecule has 0 atom stereocenters. The summed E-state index contributed by atoms with van der Waals surface area (Å²) in [6.45, 7) is 0. The summed E-state index contributed by atoms with van der Waals surface area (Å²) in [5, 5.41) is 4.22. The fourth-order valence-electron chi connectivity index (χ4n) is 2.96. The highest BCUT2D eigenvalue weighted by Gasteiger charge is 2.35. The van der Waals surface area contributed by atoms with Crippen LogP contribution in [0.2, 0.25) is 0 Å². The van der Waals surface area contributed by atoms with Gasteiger partial charge in [-0.05, 0) is 30.3 Å². The molecule has 2 heterocycles. The number of aromatic nitrogens is 2. The molecular formula is C19H13FN2O3S. The summed E-state index contributed by atoms with van der Waals surface area (Å²) < 4.78 is 40.4. The van der Waals surface area contributed by atoms with Crippen LogP contribution in [0.5, 0.6) is 0 Å². The fourth-order valence-corrected chi connectivity index (χ4v) is 4.59. The van der Waals surface area contributed by atoms with Crippen molar-refractivity contribution < 1.29 is 17.6 Å². The summed E-state index contributed by atoms with van der Waals surface area (Å²) in [5.74, 6) is -1.91. The molecule has 7 heteroatoms. The zero-order valence-corrected chi connectivity index (χ0v) is 14.3. The van der Waals surface area contributed by atoms with Crippen LogP contribution in [0.4, 0.5) is 4.39 Å². The molecule has 2 aromatic carbocycles. The number of carbonyl (C=O) groups excluding carboxylic acids is 1. The maximum atomic E-state index is 13.9. The summed E-state index contributed by atoms with van der Waals surface area (Å²) in [4.78, 5) is 12.1. The Morgan fingerprint density at radius 1 is 1.08 bits per heavy atom. The number of benzene rings is 2. The Bertz CT molecular complexity index is 1150. The van der Waals surface area contributed by atoms with Gasteiger partial charge in [-0.2, -0.15) is 5.10 Å². The third kappa shape index (κ3) is 2.76. The number of sulfone groups is 1. The number of para-hydroxylation sites is 1. The zero-order valence-electron chi connectivity index (χ0n) is 13.5. The van der Waals surface area contributed by atoms with E-state index in [1.54, 1.807) is 17.1 Å². The summed E-state index contributed by atoms with van der Waals surface area (Å²) in [5.41, 5.74) is 1.40. The molecule has 0 fully saturated rings. The average Bonchev–Trinajstić information content (AvgIpc) is 3.08. The predicted molar refractivity (Wildman–Crippen MR) is 94.3 cm³/mol. The van der Waals surface area contributed by atoms with E-state index in [4.69, 9.17) is 0 Å². The lowest BCUT2D eigenvalue weighted by atomic mass is 10.0. The third-order valence-corrected chi connectivity index (χ3v) is 5.85. The second-order valence-electron chi connectivity index (χ2n) is 5.93. The number of Topliss-reactive ketones (excluding diaryl/α,β-unsaturated/α-hetero) is 1. The number of carbonyl (C=O) groups is 1. The van der Waals surface area contributed by atoms with E-state index in [0.29, 0.717) is 5.56 Å². The normalized spacial score (nSPS) is 17.3. The Labute approximate surface area is 149 Å². The molecule has 1 aliphatic rings. The van der Waals surface area contributed by atoms with Gasteiger partial charge >= 0.3 is 0 Å². The number of halogens is 1. The lowest BCUT2D eigenvalue weighted by Crippen LogP contribution is -2.25. The van der Waals surface area contributed by atoms with Crippen molar-refractivity contribution in [3.05, 3.63) is 83.4 Å². The molecule has 0 radical (unpaired) electrons. The molecule has 0 amide bonds. The molecule has 1 aromatic heterocycles. The number of rotatable bonds is 2. The van der Waals surface area contributed by atoms with E-state index >= 15 is 0 Å². The Morgan fingerprint density at radius 2 is 1.85 bits per heavy atom. The van der Waals surface area contributed by atoms with Crippen molar-refractivity contribution in [1.29, 1.82) is 0 Å². The standard InChI is InChI=1S/C19H13FN2O3S/c20-17-8-4-7-16-18(23)14(12-26(24,25)19(16)17)9-13-10-21-22(11-13)15-5-2-1-3-6-15/h1-11H,12H2/b14-9+. The Balaban J connectivity index is 1.76. The second-order valence-corrected chi connectivity index (χ2v) is 7.85. The number of nitrogens with zero attached hydrogens (tertiary/aromatic N) is 2. The van der Waals surface area contributed by atoms with E-state index in [2.05, 4.69) is 5.10 Å². The van der Waals surface area contributed by atoms with Crippen molar-refractivity contribution in [1.82, 2.24) is 9.78 Å². The monoisotopic (exact) mass is 368 g/mol. The molecule has 0 saturated carbocycles. The Kier molecular flexibility index (Phi) is 3.81. The highest BCUT2D eigenvalue weighted by Crippen LogP contribution is 2.31. The van der Waals surface area contributed by atoms with E-state index in [9.17, 15) is 17.6 Å². The van der Waals surface area contributed by atoms with Crippen LogP contribution in [-0.4, -0.2) is 29.7 Å². The van der Waals surface area contributed by atoms with Gasteiger partial charge in [-0.25, -0.2) is 17.5 Å². The number of fused-ring (bicyclic) bond motifs is 1. The Morgan fingerprint density at radius 3 is 2.62 bits per heavy atom. The van der Waals surface area contributed by atoms with E-state index in [1.165, 1.54) is 18.2 Å². The van der Waals surface area contributed by atoms with Crippen LogP contribution >= 0.6 is 0 Å². The smallest absolute Gasteiger partial charge is 0.191 e. The van der Waals surface area contributed by atoms with Gasteiger partial charge in [-0.3, -0.25) is 4.79 Å². The molecule has 0 aliphatic carbocycles. The van der Waals surface area contributed by atoms with Gasteiger partial charge in [0.1, 0.15) is 10.7 Å². The molecular weight excluding hydrogens is 355 g/mol. The first-order valence-electron chi connectivity index (χ1n) is 7.82. The van der Waals surface area contributed by atoms with Crippen molar-refractivity contribution in [3.63, 3.8) is 0 Å². The molecule has 3 aromatic rings. The predicted octanol–water partition coefficient (Wildman–Crippen LogP) is 3.07. The Hall–Kier alpha value is -3.06. The molecule has 130 valence electrons. The average molecular weight is 368 g/mol. The van der Waals surface area contributed by atoms with Crippen LogP contribution in [0.3, 0.4) is 0 Å². The number of hydrogen-bond donors (Lipinski definition) is 0. The molecule has 5 nitrogen and oxygen atoms in total. The quantitative estimate of drug-likeness (QED) is 0.652. The van der Waals surface area contributed by atoms with Crippen LogP contribution in [0.1, 0.15) is 15.9 Å². The van der Waals surface area contributed by atoms with E-state index in [-0.39, 0.29) is 11.1 Å². The maximum Gasteiger partial charge on any atom is 0.191 e. The highest BCUT2D eigenvalue weighted by molar-refractivity contribution is 7.92. The topological polar surface area (TPSA) is 69.0 Å². The van der Waals surface area contributed by atoms with Gasteiger partial charge in [-0.15, -0.1) is 0 Å².